The number of carbonyl (C=O) groups excluding carboxylic acids is 1. The van der Waals surface area contributed by atoms with Gasteiger partial charge in [-0.05, 0) is 18.4 Å². The van der Waals surface area contributed by atoms with Gasteiger partial charge in [0.25, 0.3) is 5.69 Å². The summed E-state index contributed by atoms with van der Waals surface area (Å²) in [4.78, 5) is 21.6. The van der Waals surface area contributed by atoms with Gasteiger partial charge in [-0.25, -0.2) is 0 Å². The Bertz CT molecular complexity index is 431. The number of non-ortho nitro benzene ring substituents is 1. The van der Waals surface area contributed by atoms with E-state index in [4.69, 9.17) is 5.73 Å². The quantitative estimate of drug-likeness (QED) is 0.574. The average molecular weight is 265 g/mol. The van der Waals surface area contributed by atoms with E-state index in [-0.39, 0.29) is 11.6 Å². The molecule has 6 heteroatoms. The highest BCUT2D eigenvalue weighted by Gasteiger charge is 2.11. The van der Waals surface area contributed by atoms with Gasteiger partial charge in [-0.1, -0.05) is 25.5 Å². The first-order valence-electron chi connectivity index (χ1n) is 6.31. The maximum absolute atomic E-state index is 11.5. The topological polar surface area (TPSA) is 98.3 Å². The Morgan fingerprint density at radius 2 is 2.05 bits per heavy atom. The van der Waals surface area contributed by atoms with Crippen molar-refractivity contribution in [3.05, 3.63) is 39.9 Å². The van der Waals surface area contributed by atoms with Crippen molar-refractivity contribution in [2.45, 2.75) is 32.2 Å². The Morgan fingerprint density at radius 1 is 1.42 bits per heavy atom. The van der Waals surface area contributed by atoms with E-state index >= 15 is 0 Å². The number of amides is 1. The van der Waals surface area contributed by atoms with Crippen LogP contribution in [0.1, 0.15) is 25.3 Å². The molecule has 0 saturated heterocycles. The van der Waals surface area contributed by atoms with Crippen LogP contribution < -0.4 is 11.1 Å². The van der Waals surface area contributed by atoms with Crippen molar-refractivity contribution in [3.8, 4) is 0 Å². The molecule has 0 aromatic heterocycles. The number of nitro groups is 1. The minimum absolute atomic E-state index is 0.0674. The third kappa shape index (κ3) is 5.05. The van der Waals surface area contributed by atoms with Gasteiger partial charge in [-0.3, -0.25) is 14.9 Å². The van der Waals surface area contributed by atoms with Gasteiger partial charge in [-0.2, -0.15) is 0 Å². The van der Waals surface area contributed by atoms with E-state index in [1.807, 2.05) is 6.92 Å². The van der Waals surface area contributed by atoms with Crippen LogP contribution in [0.2, 0.25) is 0 Å². The number of hydrogen-bond donors (Lipinski definition) is 2. The molecule has 0 fully saturated rings. The molecule has 1 atom stereocenters. The van der Waals surface area contributed by atoms with Gasteiger partial charge in [0, 0.05) is 18.7 Å². The summed E-state index contributed by atoms with van der Waals surface area (Å²) < 4.78 is 0. The highest BCUT2D eigenvalue weighted by atomic mass is 16.6. The lowest BCUT2D eigenvalue weighted by atomic mass is 10.1. The molecule has 19 heavy (non-hydrogen) atoms. The fourth-order valence-electron chi connectivity index (χ4n) is 1.69. The molecular formula is C13H19N3O3. The van der Waals surface area contributed by atoms with Crippen LogP contribution in [0, 0.1) is 10.1 Å². The molecule has 0 saturated carbocycles. The standard InChI is InChI=1S/C13H19N3O3/c1-2-3-12(14)13(17)15-9-8-10-4-6-11(7-5-10)16(18)19/h4-7,12H,2-3,8-9,14H2,1H3,(H,15,17). The van der Waals surface area contributed by atoms with E-state index in [1.165, 1.54) is 12.1 Å². The normalized spacial score (nSPS) is 11.9. The maximum atomic E-state index is 11.5. The van der Waals surface area contributed by atoms with Crippen molar-refractivity contribution in [2.75, 3.05) is 6.54 Å². The monoisotopic (exact) mass is 265 g/mol. The van der Waals surface area contributed by atoms with Crippen LogP contribution in [0.15, 0.2) is 24.3 Å². The number of hydrogen-bond acceptors (Lipinski definition) is 4. The van der Waals surface area contributed by atoms with E-state index in [9.17, 15) is 14.9 Å². The molecule has 104 valence electrons. The smallest absolute Gasteiger partial charge is 0.269 e. The first-order valence-corrected chi connectivity index (χ1v) is 6.31. The Morgan fingerprint density at radius 3 is 2.58 bits per heavy atom. The fourth-order valence-corrected chi connectivity index (χ4v) is 1.69. The summed E-state index contributed by atoms with van der Waals surface area (Å²) in [5.41, 5.74) is 6.68. The van der Waals surface area contributed by atoms with Gasteiger partial charge in [-0.15, -0.1) is 0 Å². The van der Waals surface area contributed by atoms with Crippen molar-refractivity contribution >= 4 is 11.6 Å². The van der Waals surface area contributed by atoms with Crippen molar-refractivity contribution in [1.82, 2.24) is 5.32 Å². The number of benzene rings is 1. The molecule has 0 radical (unpaired) electrons. The molecule has 1 rings (SSSR count). The van der Waals surface area contributed by atoms with E-state index in [1.54, 1.807) is 12.1 Å². The molecule has 0 aliphatic rings. The summed E-state index contributed by atoms with van der Waals surface area (Å²) in [6.07, 6.45) is 2.17. The van der Waals surface area contributed by atoms with Gasteiger partial charge in [0.1, 0.15) is 0 Å². The van der Waals surface area contributed by atoms with Crippen LogP contribution in [0.4, 0.5) is 5.69 Å². The number of nitro benzene ring substituents is 1. The van der Waals surface area contributed by atoms with Crippen molar-refractivity contribution in [3.63, 3.8) is 0 Å². The van der Waals surface area contributed by atoms with E-state index in [0.717, 1.165) is 12.0 Å². The van der Waals surface area contributed by atoms with E-state index < -0.39 is 11.0 Å². The lowest BCUT2D eigenvalue weighted by molar-refractivity contribution is -0.384. The third-order valence-corrected chi connectivity index (χ3v) is 2.80. The van der Waals surface area contributed by atoms with Crippen LogP contribution in [-0.2, 0) is 11.2 Å². The molecule has 1 amide bonds. The van der Waals surface area contributed by atoms with Gasteiger partial charge < -0.3 is 11.1 Å². The highest BCUT2D eigenvalue weighted by molar-refractivity contribution is 5.81. The average Bonchev–Trinajstić information content (AvgIpc) is 2.39. The van der Waals surface area contributed by atoms with Crippen LogP contribution in [0.5, 0.6) is 0 Å². The number of carbonyl (C=O) groups is 1. The minimum atomic E-state index is -0.457. The largest absolute Gasteiger partial charge is 0.354 e. The van der Waals surface area contributed by atoms with Crippen LogP contribution in [-0.4, -0.2) is 23.4 Å². The number of rotatable bonds is 7. The Hall–Kier alpha value is -1.95. The first-order chi connectivity index (χ1) is 9.04. The summed E-state index contributed by atoms with van der Waals surface area (Å²) in [6.45, 7) is 2.46. The molecule has 3 N–H and O–H groups in total. The van der Waals surface area contributed by atoms with Crippen LogP contribution in [0.25, 0.3) is 0 Å². The van der Waals surface area contributed by atoms with Crippen molar-refractivity contribution < 1.29 is 9.72 Å². The van der Waals surface area contributed by atoms with Gasteiger partial charge in [0.15, 0.2) is 0 Å². The second kappa shape index (κ2) is 7.48. The van der Waals surface area contributed by atoms with E-state index in [2.05, 4.69) is 5.32 Å². The molecule has 0 bridgehead atoms. The second-order valence-corrected chi connectivity index (χ2v) is 4.36. The van der Waals surface area contributed by atoms with Crippen LogP contribution in [0.3, 0.4) is 0 Å². The summed E-state index contributed by atoms with van der Waals surface area (Å²) in [5.74, 6) is -0.149. The summed E-state index contributed by atoms with van der Waals surface area (Å²) in [5, 5.41) is 13.2. The third-order valence-electron chi connectivity index (χ3n) is 2.80. The predicted octanol–water partition coefficient (Wildman–Crippen LogP) is 1.38. The molecule has 6 nitrogen and oxygen atoms in total. The zero-order chi connectivity index (χ0) is 14.3. The first kappa shape index (κ1) is 15.1. The summed E-state index contributed by atoms with van der Waals surface area (Å²) in [7, 11) is 0. The van der Waals surface area contributed by atoms with E-state index in [0.29, 0.717) is 19.4 Å². The number of nitrogens with zero attached hydrogens (tertiary/aromatic N) is 1. The molecule has 1 aromatic carbocycles. The number of nitrogens with one attached hydrogen (secondary N) is 1. The highest BCUT2D eigenvalue weighted by Crippen LogP contribution is 2.11. The summed E-state index contributed by atoms with van der Waals surface area (Å²) >= 11 is 0. The van der Waals surface area contributed by atoms with Gasteiger partial charge >= 0.3 is 0 Å². The molecule has 1 unspecified atom stereocenters. The van der Waals surface area contributed by atoms with Gasteiger partial charge in [0.05, 0.1) is 11.0 Å². The minimum Gasteiger partial charge on any atom is -0.354 e. The molecular weight excluding hydrogens is 246 g/mol. The maximum Gasteiger partial charge on any atom is 0.269 e. The lowest BCUT2D eigenvalue weighted by Crippen LogP contribution is -2.41. The number of nitrogens with two attached hydrogens (primary N) is 1. The zero-order valence-electron chi connectivity index (χ0n) is 11.0. The second-order valence-electron chi connectivity index (χ2n) is 4.36. The Balaban J connectivity index is 2.37. The fraction of sp³-hybridized carbons (Fsp3) is 0.462. The van der Waals surface area contributed by atoms with Crippen molar-refractivity contribution in [2.24, 2.45) is 5.73 Å². The molecule has 0 spiro atoms. The molecule has 0 heterocycles. The lowest BCUT2D eigenvalue weighted by Gasteiger charge is -2.10. The summed E-state index contributed by atoms with van der Waals surface area (Å²) in [6, 6.07) is 5.84. The molecule has 0 aliphatic heterocycles. The molecule has 0 aliphatic carbocycles. The van der Waals surface area contributed by atoms with Gasteiger partial charge in [0.2, 0.25) is 5.91 Å². The van der Waals surface area contributed by atoms with Crippen LogP contribution >= 0.6 is 0 Å². The Kier molecular flexibility index (Phi) is 5.95. The molecule has 1 aromatic rings. The predicted molar refractivity (Wildman–Crippen MR) is 72.7 cm³/mol. The van der Waals surface area contributed by atoms with Crippen molar-refractivity contribution in [1.29, 1.82) is 0 Å². The Labute approximate surface area is 112 Å². The SMILES string of the molecule is CCCC(N)C(=O)NCCc1ccc([N+](=O)[O-])cc1. The zero-order valence-corrected chi connectivity index (χ0v) is 11.0.